The van der Waals surface area contributed by atoms with Gasteiger partial charge in [-0.05, 0) is 68.5 Å². The number of para-hydroxylation sites is 1. The van der Waals surface area contributed by atoms with Gasteiger partial charge in [-0.25, -0.2) is 19.2 Å². The van der Waals surface area contributed by atoms with Crippen LogP contribution < -0.4 is 4.74 Å². The number of benzene rings is 3. The second-order valence-electron chi connectivity index (χ2n) is 10.8. The molecule has 0 fully saturated rings. The highest BCUT2D eigenvalue weighted by Crippen LogP contribution is 2.30. The van der Waals surface area contributed by atoms with Gasteiger partial charge < -0.3 is 33.6 Å². The summed E-state index contributed by atoms with van der Waals surface area (Å²) < 4.78 is 27.3. The van der Waals surface area contributed by atoms with E-state index in [0.29, 0.717) is 12.0 Å². The largest absolute Gasteiger partial charge is 0.511 e. The lowest BCUT2D eigenvalue weighted by molar-refractivity contribution is -0.145. The highest BCUT2D eigenvalue weighted by molar-refractivity contribution is 5.93. The third kappa shape index (κ3) is 16.6. The Bertz CT molecular complexity index is 1630. The van der Waals surface area contributed by atoms with Crippen molar-refractivity contribution in [2.24, 2.45) is 5.41 Å². The summed E-state index contributed by atoms with van der Waals surface area (Å²) in [5.41, 5.74) is 1.71. The fourth-order valence-corrected chi connectivity index (χ4v) is 4.68. The maximum absolute atomic E-state index is 13.4. The van der Waals surface area contributed by atoms with Crippen LogP contribution in [-0.2, 0) is 41.4 Å². The van der Waals surface area contributed by atoms with Crippen LogP contribution in [0.2, 0.25) is 0 Å². The topological polar surface area (TPSA) is 152 Å². The summed E-state index contributed by atoms with van der Waals surface area (Å²) in [6, 6.07) is 20.2. The molecule has 288 valence electrons. The van der Waals surface area contributed by atoms with Crippen molar-refractivity contribution in [3.8, 4) is 5.75 Å². The highest BCUT2D eigenvalue weighted by atomic mass is 16.7. The number of carboxylic acid groups (broad SMARTS) is 1. The Hall–Kier alpha value is -5.55. The fraction of sp³-hybridized carbons (Fsp3) is 0.357. The Morgan fingerprint density at radius 1 is 0.755 bits per heavy atom. The molecule has 0 spiro atoms. The van der Waals surface area contributed by atoms with Crippen LogP contribution in [0.25, 0.3) is 0 Å². The van der Waals surface area contributed by atoms with Gasteiger partial charge in [0.2, 0.25) is 0 Å². The molecule has 0 aliphatic heterocycles. The highest BCUT2D eigenvalue weighted by Gasteiger charge is 2.38. The molecule has 0 radical (unpaired) electrons. The average molecular weight is 735 g/mol. The summed E-state index contributed by atoms with van der Waals surface area (Å²) in [6.07, 6.45) is 3.03. The number of aldehydes is 1. The molecule has 0 heterocycles. The Morgan fingerprint density at radius 2 is 1.25 bits per heavy atom. The van der Waals surface area contributed by atoms with Crippen LogP contribution in [-0.4, -0.2) is 69.0 Å². The molecule has 11 heteroatoms. The zero-order valence-electron chi connectivity index (χ0n) is 32.1. The third-order valence-corrected chi connectivity index (χ3v) is 7.17. The zero-order chi connectivity index (χ0) is 40.2. The molecule has 1 N–H and O–H groups in total. The molecular weight excluding hydrogens is 680 g/mol. The van der Waals surface area contributed by atoms with Gasteiger partial charge in [0.05, 0.1) is 23.2 Å². The van der Waals surface area contributed by atoms with Crippen molar-refractivity contribution >= 4 is 30.3 Å². The molecule has 3 aromatic carbocycles. The molecule has 0 aliphatic rings. The molecule has 0 bridgehead atoms. The standard InChI is InChI=1S/C36H38O10.C2H4O.2C2H6/c1-5-13-27-15-9-10-17-29(27)33(38)44-23-36(20-28-16-8-7-14-25(28)3,22-43-32(37)26(6-2)21-42-4)24-45-34(39)30-18-11-12-19-31(30)46-35(40)41;1-2-3;2*1-2/h5-12,14-19H,1,13,20-24H2,2-4H3,(H,40,41);2H,1H3;2*1-2H3/b26-6+;;;. The molecule has 53 heavy (non-hydrogen) atoms. The summed E-state index contributed by atoms with van der Waals surface area (Å²) in [5, 5.41) is 9.13. The number of ether oxygens (including phenoxy) is 5. The van der Waals surface area contributed by atoms with Crippen LogP contribution in [0.15, 0.2) is 97.1 Å². The van der Waals surface area contributed by atoms with Crippen molar-refractivity contribution in [1.82, 2.24) is 0 Å². The van der Waals surface area contributed by atoms with E-state index in [9.17, 15) is 19.2 Å². The summed E-state index contributed by atoms with van der Waals surface area (Å²) >= 11 is 0. The van der Waals surface area contributed by atoms with Gasteiger partial charge in [-0.15, -0.1) is 6.58 Å². The van der Waals surface area contributed by atoms with Crippen molar-refractivity contribution in [3.63, 3.8) is 0 Å². The Labute approximate surface area is 313 Å². The van der Waals surface area contributed by atoms with Gasteiger partial charge in [-0.3, -0.25) is 0 Å². The van der Waals surface area contributed by atoms with Gasteiger partial charge in [0.25, 0.3) is 0 Å². The van der Waals surface area contributed by atoms with Gasteiger partial charge in [0.1, 0.15) is 37.4 Å². The first kappa shape index (κ1) is 47.4. The monoisotopic (exact) mass is 734 g/mol. The van der Waals surface area contributed by atoms with Gasteiger partial charge >= 0.3 is 24.1 Å². The number of allylic oxidation sites excluding steroid dienone is 2. The molecule has 0 amide bonds. The average Bonchev–Trinajstić information content (AvgIpc) is 3.17. The van der Waals surface area contributed by atoms with Crippen molar-refractivity contribution in [1.29, 1.82) is 0 Å². The van der Waals surface area contributed by atoms with Crippen LogP contribution in [0.4, 0.5) is 4.79 Å². The number of hydrogen-bond acceptors (Lipinski definition) is 10. The SMILES string of the molecule is C=CCc1ccccc1C(=O)OCC(COC(=O)/C(=C/C)COC)(COC(=O)c1ccccc1OC(=O)O)Cc1ccccc1C.CC.CC.CC=O. The van der Waals surface area contributed by atoms with Gasteiger partial charge in [-0.2, -0.15) is 0 Å². The summed E-state index contributed by atoms with van der Waals surface area (Å²) in [7, 11) is 1.45. The van der Waals surface area contributed by atoms with Crippen molar-refractivity contribution < 1.29 is 52.8 Å². The van der Waals surface area contributed by atoms with Gasteiger partial charge in [-0.1, -0.05) is 94.4 Å². The normalized spacial score (nSPS) is 11.2. The van der Waals surface area contributed by atoms with E-state index in [1.807, 2.05) is 65.0 Å². The molecule has 11 nitrogen and oxygen atoms in total. The van der Waals surface area contributed by atoms with Crippen molar-refractivity contribution in [2.75, 3.05) is 33.5 Å². The first-order valence-corrected chi connectivity index (χ1v) is 17.3. The third-order valence-electron chi connectivity index (χ3n) is 7.17. The van der Waals surface area contributed by atoms with Crippen LogP contribution in [0, 0.1) is 12.3 Å². The Kier molecular flexibility index (Phi) is 24.3. The lowest BCUT2D eigenvalue weighted by atomic mass is 9.82. The first-order valence-electron chi connectivity index (χ1n) is 17.3. The summed E-state index contributed by atoms with van der Waals surface area (Å²) in [5.74, 6) is -2.35. The number of esters is 3. The molecule has 3 rings (SSSR count). The second-order valence-corrected chi connectivity index (χ2v) is 10.8. The second kappa shape index (κ2) is 27.1. The Morgan fingerprint density at radius 3 is 1.77 bits per heavy atom. The smallest absolute Gasteiger partial charge is 0.461 e. The first-order chi connectivity index (χ1) is 25.5. The quantitative estimate of drug-likeness (QED) is 0.0377. The molecule has 0 saturated heterocycles. The number of methoxy groups -OCH3 is 1. The molecule has 1 atom stereocenters. The minimum absolute atomic E-state index is 0.0184. The molecular formula is C42H54O11. The van der Waals surface area contributed by atoms with E-state index < -0.39 is 29.5 Å². The number of hydrogen-bond donors (Lipinski definition) is 1. The maximum atomic E-state index is 13.4. The lowest BCUT2D eigenvalue weighted by Crippen LogP contribution is -2.42. The number of carbonyl (C=O) groups is 5. The number of carbonyl (C=O) groups excluding carboxylic acids is 4. The number of rotatable bonds is 16. The summed E-state index contributed by atoms with van der Waals surface area (Å²) in [6.45, 7) is 15.8. The van der Waals surface area contributed by atoms with Crippen molar-refractivity contribution in [2.45, 2.75) is 61.3 Å². The fourth-order valence-electron chi connectivity index (χ4n) is 4.68. The molecule has 0 saturated carbocycles. The van der Waals surface area contributed by atoms with E-state index in [1.54, 1.807) is 37.3 Å². The molecule has 3 aromatic rings. The van der Waals surface area contributed by atoms with E-state index in [2.05, 4.69) is 6.58 Å². The molecule has 0 aromatic heterocycles. The van der Waals surface area contributed by atoms with Gasteiger partial charge in [0, 0.05) is 7.11 Å². The summed E-state index contributed by atoms with van der Waals surface area (Å²) in [4.78, 5) is 59.8. The maximum Gasteiger partial charge on any atom is 0.511 e. The molecule has 1 unspecified atom stereocenters. The number of aryl methyl sites for hydroxylation is 1. The minimum Gasteiger partial charge on any atom is -0.461 e. The van der Waals surface area contributed by atoms with E-state index in [1.165, 1.54) is 38.3 Å². The predicted molar refractivity (Wildman–Crippen MR) is 204 cm³/mol. The van der Waals surface area contributed by atoms with E-state index in [0.717, 1.165) is 23.0 Å². The van der Waals surface area contributed by atoms with Crippen LogP contribution >= 0.6 is 0 Å². The van der Waals surface area contributed by atoms with Gasteiger partial charge in [0.15, 0.2) is 0 Å². The van der Waals surface area contributed by atoms with Crippen LogP contribution in [0.1, 0.15) is 78.9 Å². The van der Waals surface area contributed by atoms with Crippen LogP contribution in [0.3, 0.4) is 0 Å². The van der Waals surface area contributed by atoms with E-state index >= 15 is 0 Å². The zero-order valence-corrected chi connectivity index (χ0v) is 32.1. The Balaban J connectivity index is 0.00000361. The van der Waals surface area contributed by atoms with Crippen LogP contribution in [0.5, 0.6) is 5.75 Å². The van der Waals surface area contributed by atoms with E-state index in [-0.39, 0.29) is 49.7 Å². The predicted octanol–water partition coefficient (Wildman–Crippen LogP) is 8.42. The molecule has 0 aliphatic carbocycles. The van der Waals surface area contributed by atoms with Crippen molar-refractivity contribution in [3.05, 3.63) is 125 Å². The minimum atomic E-state index is -1.60. The lowest BCUT2D eigenvalue weighted by Gasteiger charge is -2.33. The van der Waals surface area contributed by atoms with E-state index in [4.69, 9.17) is 33.6 Å².